The summed E-state index contributed by atoms with van der Waals surface area (Å²) in [7, 11) is 1.21. The van der Waals surface area contributed by atoms with Gasteiger partial charge < -0.3 is 10.5 Å². The smallest absolute Gasteiger partial charge is 0.311 e. The van der Waals surface area contributed by atoms with Gasteiger partial charge in [-0.05, 0) is 15.9 Å². The lowest BCUT2D eigenvalue weighted by Gasteiger charge is -2.10. The fourth-order valence-electron chi connectivity index (χ4n) is 1.11. The van der Waals surface area contributed by atoms with Crippen LogP contribution in [0.25, 0.3) is 0 Å². The highest BCUT2D eigenvalue weighted by Crippen LogP contribution is 2.33. The van der Waals surface area contributed by atoms with Crippen molar-refractivity contribution in [3.05, 3.63) is 21.9 Å². The van der Waals surface area contributed by atoms with Crippen LogP contribution < -0.4 is 5.73 Å². The third-order valence-corrected chi connectivity index (χ3v) is 2.80. The molecule has 1 rings (SSSR count). The molecule has 16 heavy (non-hydrogen) atoms. The number of rotatable bonds is 3. The van der Waals surface area contributed by atoms with E-state index in [0.29, 0.717) is 0 Å². The van der Waals surface area contributed by atoms with E-state index in [1.165, 1.54) is 7.11 Å². The highest BCUT2D eigenvalue weighted by Gasteiger charge is 2.20. The lowest BCUT2D eigenvalue weighted by molar-refractivity contribution is -0.139. The summed E-state index contributed by atoms with van der Waals surface area (Å²) >= 11 is 2.96. The van der Waals surface area contributed by atoms with Crippen LogP contribution in [-0.2, 0) is 16.0 Å². The molecule has 0 fully saturated rings. The maximum atomic E-state index is 12.6. The number of anilines is 1. The van der Waals surface area contributed by atoms with E-state index in [4.69, 9.17) is 5.73 Å². The van der Waals surface area contributed by atoms with Crippen LogP contribution in [0.4, 0.5) is 14.5 Å². The number of ether oxygens (including phenoxy) is 1. The molecule has 0 atom stereocenters. The van der Waals surface area contributed by atoms with Gasteiger partial charge in [-0.1, -0.05) is 0 Å². The molecular formula is C9H9BrF2N2O2. The van der Waals surface area contributed by atoms with E-state index in [-0.39, 0.29) is 27.8 Å². The Hall–Kier alpha value is -1.24. The van der Waals surface area contributed by atoms with Gasteiger partial charge in [0.2, 0.25) is 0 Å². The first kappa shape index (κ1) is 12.8. The second kappa shape index (κ2) is 5.20. The van der Waals surface area contributed by atoms with Crippen molar-refractivity contribution in [2.24, 2.45) is 0 Å². The first-order chi connectivity index (χ1) is 7.47. The highest BCUT2D eigenvalue weighted by atomic mass is 79.9. The average Bonchev–Trinajstić information content (AvgIpc) is 2.21. The minimum atomic E-state index is -2.73. The van der Waals surface area contributed by atoms with Crippen LogP contribution in [0.5, 0.6) is 0 Å². The summed E-state index contributed by atoms with van der Waals surface area (Å²) in [4.78, 5) is 14.8. The van der Waals surface area contributed by atoms with Crippen LogP contribution in [-0.4, -0.2) is 18.1 Å². The predicted molar refractivity (Wildman–Crippen MR) is 57.0 cm³/mol. The molecule has 0 aliphatic rings. The molecule has 0 radical (unpaired) electrons. The second-order valence-electron chi connectivity index (χ2n) is 2.94. The second-order valence-corrected chi connectivity index (χ2v) is 3.73. The zero-order chi connectivity index (χ0) is 12.3. The fourth-order valence-corrected chi connectivity index (χ4v) is 1.75. The molecule has 0 unspecified atom stereocenters. The number of hydrogen-bond acceptors (Lipinski definition) is 4. The number of esters is 1. The van der Waals surface area contributed by atoms with Crippen molar-refractivity contribution < 1.29 is 18.3 Å². The monoisotopic (exact) mass is 294 g/mol. The SMILES string of the molecule is COC(=O)Cc1ncc(N)c(C(F)F)c1Br. The Kier molecular flexibility index (Phi) is 4.17. The lowest BCUT2D eigenvalue weighted by atomic mass is 10.1. The van der Waals surface area contributed by atoms with E-state index >= 15 is 0 Å². The molecule has 0 aliphatic carbocycles. The Bertz CT molecular complexity index is 413. The van der Waals surface area contributed by atoms with E-state index in [9.17, 15) is 13.6 Å². The number of aromatic nitrogens is 1. The summed E-state index contributed by atoms with van der Waals surface area (Å²) in [6.45, 7) is 0. The maximum absolute atomic E-state index is 12.6. The molecule has 0 aromatic carbocycles. The standard InChI is InChI=1S/C9H9BrF2N2O2/c1-16-6(15)2-5-8(10)7(9(11)12)4(13)3-14-5/h3,9H,2,13H2,1H3. The molecular weight excluding hydrogens is 286 g/mol. The zero-order valence-corrected chi connectivity index (χ0v) is 9.92. The fraction of sp³-hybridized carbons (Fsp3) is 0.333. The number of nitrogens with two attached hydrogens (primary N) is 1. The number of nitrogen functional groups attached to an aromatic ring is 1. The maximum Gasteiger partial charge on any atom is 0.311 e. The normalized spacial score (nSPS) is 10.6. The molecule has 88 valence electrons. The first-order valence-corrected chi connectivity index (χ1v) is 5.04. The quantitative estimate of drug-likeness (QED) is 0.867. The average molecular weight is 295 g/mol. The summed E-state index contributed by atoms with van der Waals surface area (Å²) in [5.74, 6) is -0.557. The number of hydrogen-bond donors (Lipinski definition) is 1. The number of methoxy groups -OCH3 is 1. The molecule has 4 nitrogen and oxygen atoms in total. The van der Waals surface area contributed by atoms with Crippen LogP contribution >= 0.6 is 15.9 Å². The Morgan fingerprint density at radius 3 is 2.81 bits per heavy atom. The van der Waals surface area contributed by atoms with E-state index in [1.54, 1.807) is 0 Å². The summed E-state index contributed by atoms with van der Waals surface area (Å²) < 4.78 is 29.7. The van der Waals surface area contributed by atoms with Crippen LogP contribution in [0, 0.1) is 0 Å². The topological polar surface area (TPSA) is 65.2 Å². The number of pyridine rings is 1. The summed E-state index contributed by atoms with van der Waals surface area (Å²) in [5, 5.41) is 0. The van der Waals surface area contributed by atoms with E-state index in [0.717, 1.165) is 6.20 Å². The van der Waals surface area contributed by atoms with Gasteiger partial charge in [0.25, 0.3) is 6.43 Å². The molecule has 1 heterocycles. The minimum absolute atomic E-state index is 0.0490. The molecule has 0 saturated heterocycles. The van der Waals surface area contributed by atoms with Gasteiger partial charge in [0.15, 0.2) is 0 Å². The van der Waals surface area contributed by atoms with Gasteiger partial charge >= 0.3 is 5.97 Å². The zero-order valence-electron chi connectivity index (χ0n) is 8.34. The van der Waals surface area contributed by atoms with Gasteiger partial charge in [0.05, 0.1) is 41.1 Å². The third kappa shape index (κ3) is 2.66. The Balaban J connectivity index is 3.13. The van der Waals surface area contributed by atoms with E-state index in [2.05, 4.69) is 25.7 Å². The molecule has 1 aromatic heterocycles. The van der Waals surface area contributed by atoms with Gasteiger partial charge in [-0.3, -0.25) is 9.78 Å². The van der Waals surface area contributed by atoms with Crippen LogP contribution in [0.2, 0.25) is 0 Å². The minimum Gasteiger partial charge on any atom is -0.469 e. The van der Waals surface area contributed by atoms with Crippen LogP contribution in [0.15, 0.2) is 10.7 Å². The molecule has 0 amide bonds. The van der Waals surface area contributed by atoms with Gasteiger partial charge in [-0.15, -0.1) is 0 Å². The number of carbonyl (C=O) groups excluding carboxylic acids is 1. The van der Waals surface area contributed by atoms with Crippen LogP contribution in [0.1, 0.15) is 17.7 Å². The summed E-state index contributed by atoms with van der Waals surface area (Å²) in [6.07, 6.45) is -1.81. The number of halogens is 3. The molecule has 0 saturated carbocycles. The third-order valence-electron chi connectivity index (χ3n) is 1.92. The molecule has 0 aliphatic heterocycles. The van der Waals surface area contributed by atoms with Gasteiger partial charge in [-0.25, -0.2) is 8.78 Å². The lowest BCUT2D eigenvalue weighted by Crippen LogP contribution is -2.09. The number of nitrogens with zero attached hydrogens (tertiary/aromatic N) is 1. The van der Waals surface area contributed by atoms with Crippen molar-refractivity contribution in [3.8, 4) is 0 Å². The van der Waals surface area contributed by atoms with Crippen molar-refractivity contribution in [1.29, 1.82) is 0 Å². The largest absolute Gasteiger partial charge is 0.469 e. The Labute approximate surface area is 98.9 Å². The molecule has 0 spiro atoms. The predicted octanol–water partition coefficient (Wildman–Crippen LogP) is 2.08. The first-order valence-electron chi connectivity index (χ1n) is 4.25. The van der Waals surface area contributed by atoms with Gasteiger partial charge in [0, 0.05) is 0 Å². The highest BCUT2D eigenvalue weighted by molar-refractivity contribution is 9.10. The van der Waals surface area contributed by atoms with Crippen molar-refractivity contribution in [1.82, 2.24) is 4.98 Å². The summed E-state index contributed by atoms with van der Waals surface area (Å²) in [6, 6.07) is 0. The van der Waals surface area contributed by atoms with Crippen molar-refractivity contribution in [3.63, 3.8) is 0 Å². The van der Waals surface area contributed by atoms with Crippen molar-refractivity contribution >= 4 is 27.6 Å². The number of alkyl halides is 2. The van der Waals surface area contributed by atoms with E-state index < -0.39 is 12.4 Å². The van der Waals surface area contributed by atoms with Gasteiger partial charge in [-0.2, -0.15) is 0 Å². The molecule has 0 bridgehead atoms. The Morgan fingerprint density at radius 1 is 1.69 bits per heavy atom. The molecule has 2 N–H and O–H groups in total. The Morgan fingerprint density at radius 2 is 2.31 bits per heavy atom. The van der Waals surface area contributed by atoms with Crippen LogP contribution in [0.3, 0.4) is 0 Å². The molecule has 1 aromatic rings. The molecule has 7 heteroatoms. The number of carbonyl (C=O) groups is 1. The summed E-state index contributed by atoms with van der Waals surface area (Å²) in [5.41, 5.74) is 5.07. The van der Waals surface area contributed by atoms with Gasteiger partial charge in [0.1, 0.15) is 0 Å². The van der Waals surface area contributed by atoms with Crippen molar-refractivity contribution in [2.45, 2.75) is 12.8 Å². The van der Waals surface area contributed by atoms with E-state index in [1.807, 2.05) is 0 Å². The van der Waals surface area contributed by atoms with Crippen molar-refractivity contribution in [2.75, 3.05) is 12.8 Å².